The van der Waals surface area contributed by atoms with Gasteiger partial charge in [0, 0.05) is 11.1 Å². The van der Waals surface area contributed by atoms with E-state index in [1.165, 1.54) is 25.3 Å². The van der Waals surface area contributed by atoms with Gasteiger partial charge in [-0.1, -0.05) is 24.3 Å². The number of benzene rings is 2. The molecule has 0 bridgehead atoms. The monoisotopic (exact) mass is 309 g/mol. The van der Waals surface area contributed by atoms with Crippen LogP contribution in [0.25, 0.3) is 11.1 Å². The molecule has 0 aliphatic carbocycles. The molecule has 0 heterocycles. The van der Waals surface area contributed by atoms with Gasteiger partial charge in [0.05, 0.1) is 25.2 Å². The number of alkyl halides is 3. The minimum absolute atomic E-state index is 0.127. The van der Waals surface area contributed by atoms with E-state index in [9.17, 15) is 17.6 Å². The highest BCUT2D eigenvalue weighted by Crippen LogP contribution is 2.38. The molecule has 0 fully saturated rings. The first-order valence-corrected chi connectivity index (χ1v) is 6.28. The van der Waals surface area contributed by atoms with Crippen molar-refractivity contribution in [3.63, 3.8) is 0 Å². The van der Waals surface area contributed by atoms with Crippen LogP contribution in [0, 0.1) is 17.1 Å². The van der Waals surface area contributed by atoms with Gasteiger partial charge >= 0.3 is 6.18 Å². The predicted molar refractivity (Wildman–Crippen MR) is 72.7 cm³/mol. The van der Waals surface area contributed by atoms with Crippen molar-refractivity contribution in [1.29, 1.82) is 5.26 Å². The fraction of sp³-hybridized carbons (Fsp3) is 0.188. The Hall–Kier alpha value is -2.55. The van der Waals surface area contributed by atoms with Crippen LogP contribution in [-0.2, 0) is 12.6 Å². The lowest BCUT2D eigenvalue weighted by Gasteiger charge is -2.14. The Morgan fingerprint density at radius 2 is 1.86 bits per heavy atom. The van der Waals surface area contributed by atoms with Gasteiger partial charge in [0.2, 0.25) is 0 Å². The van der Waals surface area contributed by atoms with Crippen LogP contribution in [0.1, 0.15) is 11.1 Å². The van der Waals surface area contributed by atoms with Gasteiger partial charge in [-0.3, -0.25) is 0 Å². The molecule has 0 saturated carbocycles. The van der Waals surface area contributed by atoms with E-state index in [0.29, 0.717) is 11.6 Å². The summed E-state index contributed by atoms with van der Waals surface area (Å²) in [6, 6.07) is 9.56. The Morgan fingerprint density at radius 3 is 2.45 bits per heavy atom. The SMILES string of the molecule is COc1cc(CC#N)ccc1-c1cccc(C(F)(F)F)c1F. The van der Waals surface area contributed by atoms with Crippen LogP contribution >= 0.6 is 0 Å². The minimum atomic E-state index is -4.77. The number of halogens is 4. The maximum Gasteiger partial charge on any atom is 0.419 e. The number of methoxy groups -OCH3 is 1. The maximum absolute atomic E-state index is 14.2. The van der Waals surface area contributed by atoms with E-state index < -0.39 is 17.6 Å². The van der Waals surface area contributed by atoms with Gasteiger partial charge in [0.25, 0.3) is 0 Å². The molecule has 2 rings (SSSR count). The quantitative estimate of drug-likeness (QED) is 0.777. The van der Waals surface area contributed by atoms with E-state index in [0.717, 1.165) is 6.07 Å². The normalized spacial score (nSPS) is 11.1. The van der Waals surface area contributed by atoms with E-state index in [2.05, 4.69) is 0 Å². The lowest BCUT2D eigenvalue weighted by Crippen LogP contribution is -2.09. The number of hydrogen-bond donors (Lipinski definition) is 0. The molecular weight excluding hydrogens is 298 g/mol. The molecule has 0 aromatic heterocycles. The summed E-state index contributed by atoms with van der Waals surface area (Å²) in [7, 11) is 1.33. The molecule has 0 aliphatic rings. The molecule has 2 aromatic carbocycles. The van der Waals surface area contributed by atoms with E-state index in [4.69, 9.17) is 10.00 Å². The number of hydrogen-bond acceptors (Lipinski definition) is 2. The molecule has 22 heavy (non-hydrogen) atoms. The van der Waals surface area contributed by atoms with Crippen LogP contribution in [0.4, 0.5) is 17.6 Å². The zero-order chi connectivity index (χ0) is 16.3. The highest BCUT2D eigenvalue weighted by molar-refractivity contribution is 5.72. The van der Waals surface area contributed by atoms with E-state index in [1.54, 1.807) is 6.07 Å². The molecular formula is C16H11F4NO. The van der Waals surface area contributed by atoms with E-state index in [1.807, 2.05) is 6.07 Å². The first-order valence-electron chi connectivity index (χ1n) is 6.28. The summed E-state index contributed by atoms with van der Waals surface area (Å²) in [6.45, 7) is 0. The van der Waals surface area contributed by atoms with Crippen LogP contribution in [0.15, 0.2) is 36.4 Å². The Morgan fingerprint density at radius 1 is 1.14 bits per heavy atom. The topological polar surface area (TPSA) is 33.0 Å². The Bertz CT molecular complexity index is 732. The predicted octanol–water partition coefficient (Wildman–Crippen LogP) is 4.59. The molecule has 0 atom stereocenters. The second-order valence-corrected chi connectivity index (χ2v) is 4.53. The van der Waals surface area contributed by atoms with Crippen molar-refractivity contribution in [2.24, 2.45) is 0 Å². The Labute approximate surface area is 124 Å². The second kappa shape index (κ2) is 6.06. The van der Waals surface area contributed by atoms with Gasteiger partial charge in [-0.15, -0.1) is 0 Å². The van der Waals surface area contributed by atoms with Crippen LogP contribution in [-0.4, -0.2) is 7.11 Å². The second-order valence-electron chi connectivity index (χ2n) is 4.53. The highest BCUT2D eigenvalue weighted by Gasteiger charge is 2.35. The standard InChI is InChI=1S/C16H11F4NO/c1-22-14-9-10(7-8-21)5-6-11(14)12-3-2-4-13(15(12)17)16(18,19)20/h2-6,9H,7H2,1H3. The molecule has 0 N–H and O–H groups in total. The third kappa shape index (κ3) is 3.03. The minimum Gasteiger partial charge on any atom is -0.496 e. The van der Waals surface area contributed by atoms with Crippen molar-refractivity contribution < 1.29 is 22.3 Å². The van der Waals surface area contributed by atoms with Gasteiger partial charge in [-0.05, 0) is 17.7 Å². The van der Waals surface area contributed by atoms with Crippen molar-refractivity contribution in [3.05, 3.63) is 53.3 Å². The van der Waals surface area contributed by atoms with E-state index >= 15 is 0 Å². The third-order valence-electron chi connectivity index (χ3n) is 3.14. The summed E-state index contributed by atoms with van der Waals surface area (Å²) in [6.07, 6.45) is -4.64. The summed E-state index contributed by atoms with van der Waals surface area (Å²) >= 11 is 0. The van der Waals surface area contributed by atoms with Crippen molar-refractivity contribution in [2.75, 3.05) is 7.11 Å². The van der Waals surface area contributed by atoms with Crippen molar-refractivity contribution in [2.45, 2.75) is 12.6 Å². The Kier molecular flexibility index (Phi) is 4.36. The van der Waals surface area contributed by atoms with Crippen molar-refractivity contribution >= 4 is 0 Å². The van der Waals surface area contributed by atoms with E-state index in [-0.39, 0.29) is 23.3 Å². The van der Waals surface area contributed by atoms with Gasteiger partial charge in [0.1, 0.15) is 11.6 Å². The molecule has 0 spiro atoms. The van der Waals surface area contributed by atoms with Crippen LogP contribution in [0.3, 0.4) is 0 Å². The van der Waals surface area contributed by atoms with Gasteiger partial charge in [0.15, 0.2) is 0 Å². The lowest BCUT2D eigenvalue weighted by molar-refractivity contribution is -0.139. The molecule has 114 valence electrons. The highest BCUT2D eigenvalue weighted by atomic mass is 19.4. The van der Waals surface area contributed by atoms with Gasteiger partial charge in [-0.25, -0.2) is 4.39 Å². The molecule has 0 amide bonds. The first-order chi connectivity index (χ1) is 10.4. The van der Waals surface area contributed by atoms with Gasteiger partial charge < -0.3 is 4.74 Å². The molecule has 2 nitrogen and oxygen atoms in total. The number of rotatable bonds is 3. The van der Waals surface area contributed by atoms with Crippen molar-refractivity contribution in [3.8, 4) is 22.9 Å². The first kappa shape index (κ1) is 15.8. The fourth-order valence-electron chi connectivity index (χ4n) is 2.12. The summed E-state index contributed by atoms with van der Waals surface area (Å²) in [5, 5.41) is 8.66. The summed E-state index contributed by atoms with van der Waals surface area (Å²) in [4.78, 5) is 0. The maximum atomic E-state index is 14.2. The number of ether oxygens (including phenoxy) is 1. The molecule has 6 heteroatoms. The van der Waals surface area contributed by atoms with Crippen LogP contribution in [0.2, 0.25) is 0 Å². The Balaban J connectivity index is 2.60. The number of nitrogens with zero attached hydrogens (tertiary/aromatic N) is 1. The fourth-order valence-corrected chi connectivity index (χ4v) is 2.12. The summed E-state index contributed by atoms with van der Waals surface area (Å²) < 4.78 is 57.7. The smallest absolute Gasteiger partial charge is 0.419 e. The largest absolute Gasteiger partial charge is 0.496 e. The van der Waals surface area contributed by atoms with Crippen LogP contribution in [0.5, 0.6) is 5.75 Å². The molecule has 0 unspecified atom stereocenters. The number of nitriles is 1. The zero-order valence-electron chi connectivity index (χ0n) is 11.5. The molecule has 2 aromatic rings. The van der Waals surface area contributed by atoms with Crippen LogP contribution < -0.4 is 4.74 Å². The van der Waals surface area contributed by atoms with Crippen molar-refractivity contribution in [1.82, 2.24) is 0 Å². The lowest BCUT2D eigenvalue weighted by atomic mass is 9.99. The van der Waals surface area contributed by atoms with Gasteiger partial charge in [-0.2, -0.15) is 18.4 Å². The third-order valence-corrected chi connectivity index (χ3v) is 3.14. The zero-order valence-corrected chi connectivity index (χ0v) is 11.5. The summed E-state index contributed by atoms with van der Waals surface area (Å²) in [5.74, 6) is -1.13. The molecule has 0 saturated heterocycles. The average Bonchev–Trinajstić information content (AvgIpc) is 2.47. The molecule has 0 aliphatic heterocycles. The summed E-state index contributed by atoms with van der Waals surface area (Å²) in [5.41, 5.74) is -0.688. The average molecular weight is 309 g/mol. The molecule has 0 radical (unpaired) electrons.